The lowest BCUT2D eigenvalue weighted by Gasteiger charge is -2.06. The van der Waals surface area contributed by atoms with Crippen LogP contribution in [-0.4, -0.2) is 36.3 Å². The van der Waals surface area contributed by atoms with Crippen molar-refractivity contribution < 1.29 is 19.1 Å². The SMILES string of the molecule is CCOc1ccc(C(=O)Nc2nc(CSCC(=O)Nc3ccc(OC)cc3)cs2)cc1. The number of carbonyl (C=O) groups is 2. The first-order valence-electron chi connectivity index (χ1n) is 9.57. The lowest BCUT2D eigenvalue weighted by molar-refractivity contribution is -0.113. The van der Waals surface area contributed by atoms with E-state index in [0.717, 1.165) is 22.9 Å². The van der Waals surface area contributed by atoms with Gasteiger partial charge in [-0.2, -0.15) is 0 Å². The summed E-state index contributed by atoms with van der Waals surface area (Å²) in [6.45, 7) is 2.49. The third-order valence-electron chi connectivity index (χ3n) is 4.06. The number of thiazole rings is 1. The second-order valence-corrected chi connectivity index (χ2v) is 8.17. The fourth-order valence-corrected chi connectivity index (χ4v) is 4.12. The summed E-state index contributed by atoms with van der Waals surface area (Å²) in [4.78, 5) is 28.9. The number of benzene rings is 2. The summed E-state index contributed by atoms with van der Waals surface area (Å²) in [7, 11) is 1.60. The molecule has 0 atom stereocenters. The molecule has 0 aliphatic heterocycles. The molecule has 0 fully saturated rings. The molecule has 3 aromatic rings. The van der Waals surface area contributed by atoms with E-state index >= 15 is 0 Å². The topological polar surface area (TPSA) is 89.5 Å². The number of amides is 2. The lowest BCUT2D eigenvalue weighted by atomic mass is 10.2. The quantitative estimate of drug-likeness (QED) is 0.460. The third kappa shape index (κ3) is 7.01. The lowest BCUT2D eigenvalue weighted by Crippen LogP contribution is -2.14. The van der Waals surface area contributed by atoms with Gasteiger partial charge in [-0.25, -0.2) is 4.98 Å². The van der Waals surface area contributed by atoms with Gasteiger partial charge in [0, 0.05) is 22.4 Å². The van der Waals surface area contributed by atoms with Gasteiger partial charge in [-0.1, -0.05) is 0 Å². The number of hydrogen-bond donors (Lipinski definition) is 2. The molecule has 2 N–H and O–H groups in total. The van der Waals surface area contributed by atoms with Gasteiger partial charge in [-0.3, -0.25) is 14.9 Å². The van der Waals surface area contributed by atoms with Crippen molar-refractivity contribution in [2.45, 2.75) is 12.7 Å². The molecule has 31 heavy (non-hydrogen) atoms. The molecule has 0 bridgehead atoms. The van der Waals surface area contributed by atoms with Crippen molar-refractivity contribution in [3.05, 3.63) is 65.2 Å². The van der Waals surface area contributed by atoms with E-state index in [1.165, 1.54) is 23.1 Å². The van der Waals surface area contributed by atoms with Crippen LogP contribution in [0.1, 0.15) is 23.0 Å². The number of methoxy groups -OCH3 is 1. The van der Waals surface area contributed by atoms with Crippen LogP contribution in [0, 0.1) is 0 Å². The maximum Gasteiger partial charge on any atom is 0.257 e. The second kappa shape index (κ2) is 11.4. The molecule has 2 amide bonds. The largest absolute Gasteiger partial charge is 0.497 e. The monoisotopic (exact) mass is 457 g/mol. The highest BCUT2D eigenvalue weighted by atomic mass is 32.2. The Morgan fingerprint density at radius 2 is 1.74 bits per heavy atom. The van der Waals surface area contributed by atoms with Gasteiger partial charge in [-0.15, -0.1) is 23.1 Å². The highest BCUT2D eigenvalue weighted by molar-refractivity contribution is 7.99. The van der Waals surface area contributed by atoms with Gasteiger partial charge in [0.2, 0.25) is 5.91 Å². The Balaban J connectivity index is 1.42. The number of aromatic nitrogens is 1. The molecule has 0 saturated heterocycles. The third-order valence-corrected chi connectivity index (χ3v) is 5.83. The second-order valence-electron chi connectivity index (χ2n) is 6.32. The van der Waals surface area contributed by atoms with Gasteiger partial charge in [0.1, 0.15) is 11.5 Å². The summed E-state index contributed by atoms with van der Waals surface area (Å²) in [5.74, 6) is 2.03. The Kier molecular flexibility index (Phi) is 8.31. The van der Waals surface area contributed by atoms with Crippen molar-refractivity contribution in [1.29, 1.82) is 0 Å². The molecule has 0 spiro atoms. The molecule has 1 aromatic heterocycles. The van der Waals surface area contributed by atoms with E-state index in [9.17, 15) is 9.59 Å². The first kappa shape index (κ1) is 22.6. The molecular weight excluding hydrogens is 434 g/mol. The number of nitrogens with one attached hydrogen (secondary N) is 2. The first-order chi connectivity index (χ1) is 15.1. The van der Waals surface area contributed by atoms with Crippen LogP contribution in [0.2, 0.25) is 0 Å². The van der Waals surface area contributed by atoms with E-state index in [2.05, 4.69) is 15.6 Å². The average molecular weight is 458 g/mol. The number of thioether (sulfide) groups is 1. The first-order valence-corrected chi connectivity index (χ1v) is 11.6. The number of ether oxygens (including phenoxy) is 2. The molecule has 1 heterocycles. The van der Waals surface area contributed by atoms with Gasteiger partial charge in [-0.05, 0) is 55.5 Å². The Morgan fingerprint density at radius 1 is 1.03 bits per heavy atom. The number of nitrogens with zero attached hydrogens (tertiary/aromatic N) is 1. The Labute approximate surface area is 189 Å². The minimum absolute atomic E-state index is 0.0885. The Bertz CT molecular complexity index is 1000. The number of hydrogen-bond acceptors (Lipinski definition) is 7. The summed E-state index contributed by atoms with van der Waals surface area (Å²) in [6.07, 6.45) is 0. The van der Waals surface area contributed by atoms with Crippen LogP contribution in [0.3, 0.4) is 0 Å². The summed E-state index contributed by atoms with van der Waals surface area (Å²) in [6, 6.07) is 14.1. The Morgan fingerprint density at radius 3 is 2.42 bits per heavy atom. The van der Waals surface area contributed by atoms with Gasteiger partial charge in [0.15, 0.2) is 5.13 Å². The number of carbonyl (C=O) groups excluding carboxylic acids is 2. The molecule has 0 unspecified atom stereocenters. The maximum atomic E-state index is 12.4. The number of rotatable bonds is 10. The zero-order valence-electron chi connectivity index (χ0n) is 17.2. The van der Waals surface area contributed by atoms with Crippen molar-refractivity contribution in [3.63, 3.8) is 0 Å². The minimum atomic E-state index is -0.226. The molecule has 0 aliphatic carbocycles. The highest BCUT2D eigenvalue weighted by Crippen LogP contribution is 2.21. The van der Waals surface area contributed by atoms with E-state index in [-0.39, 0.29) is 11.8 Å². The molecule has 0 saturated carbocycles. The minimum Gasteiger partial charge on any atom is -0.497 e. The smallest absolute Gasteiger partial charge is 0.257 e. The molecule has 7 nitrogen and oxygen atoms in total. The summed E-state index contributed by atoms with van der Waals surface area (Å²) < 4.78 is 10.5. The van der Waals surface area contributed by atoms with Gasteiger partial charge < -0.3 is 14.8 Å². The van der Waals surface area contributed by atoms with Crippen LogP contribution in [0.4, 0.5) is 10.8 Å². The fourth-order valence-electron chi connectivity index (χ4n) is 2.59. The van der Waals surface area contributed by atoms with Crippen molar-refractivity contribution >= 4 is 45.7 Å². The summed E-state index contributed by atoms with van der Waals surface area (Å²) >= 11 is 2.81. The predicted octanol–water partition coefficient (Wildman–Crippen LogP) is 4.67. The van der Waals surface area contributed by atoms with Crippen molar-refractivity contribution in [2.75, 3.05) is 30.1 Å². The van der Waals surface area contributed by atoms with Crippen LogP contribution in [0.15, 0.2) is 53.9 Å². The Hall–Kier alpha value is -3.04. The molecule has 2 aromatic carbocycles. The van der Waals surface area contributed by atoms with E-state index in [1.807, 2.05) is 12.3 Å². The van der Waals surface area contributed by atoms with Crippen molar-refractivity contribution in [1.82, 2.24) is 4.98 Å². The van der Waals surface area contributed by atoms with E-state index in [0.29, 0.717) is 28.8 Å². The molecule has 162 valence electrons. The zero-order valence-corrected chi connectivity index (χ0v) is 18.8. The van der Waals surface area contributed by atoms with Crippen LogP contribution in [0.25, 0.3) is 0 Å². The van der Waals surface area contributed by atoms with Crippen molar-refractivity contribution in [3.8, 4) is 11.5 Å². The van der Waals surface area contributed by atoms with E-state index in [4.69, 9.17) is 9.47 Å². The average Bonchev–Trinajstić information content (AvgIpc) is 3.22. The molecule has 0 radical (unpaired) electrons. The highest BCUT2D eigenvalue weighted by Gasteiger charge is 2.10. The van der Waals surface area contributed by atoms with E-state index < -0.39 is 0 Å². The summed E-state index contributed by atoms with van der Waals surface area (Å²) in [5.41, 5.74) is 2.07. The molecule has 3 rings (SSSR count). The normalized spacial score (nSPS) is 10.4. The zero-order chi connectivity index (χ0) is 22.1. The van der Waals surface area contributed by atoms with Crippen LogP contribution < -0.4 is 20.1 Å². The molecule has 0 aliphatic rings. The standard InChI is InChI=1S/C22H23N3O4S2/c1-3-29-19-8-4-15(5-9-19)21(27)25-22-24-17(13-31-22)12-30-14-20(26)23-16-6-10-18(28-2)11-7-16/h4-11,13H,3,12,14H2,1-2H3,(H,23,26)(H,24,25,27). The van der Waals surface area contributed by atoms with Crippen LogP contribution in [0.5, 0.6) is 11.5 Å². The molecule has 9 heteroatoms. The van der Waals surface area contributed by atoms with Crippen LogP contribution >= 0.6 is 23.1 Å². The predicted molar refractivity (Wildman–Crippen MR) is 125 cm³/mol. The number of anilines is 2. The molecular formula is C22H23N3O4S2. The van der Waals surface area contributed by atoms with Crippen LogP contribution in [-0.2, 0) is 10.5 Å². The maximum absolute atomic E-state index is 12.4. The van der Waals surface area contributed by atoms with Gasteiger partial charge in [0.25, 0.3) is 5.91 Å². The van der Waals surface area contributed by atoms with Gasteiger partial charge in [0.05, 0.1) is 25.2 Å². The van der Waals surface area contributed by atoms with Gasteiger partial charge >= 0.3 is 0 Å². The summed E-state index contributed by atoms with van der Waals surface area (Å²) in [5, 5.41) is 8.04. The van der Waals surface area contributed by atoms with E-state index in [1.54, 1.807) is 55.6 Å². The fraction of sp³-hybridized carbons (Fsp3) is 0.227. The van der Waals surface area contributed by atoms with Crippen molar-refractivity contribution in [2.24, 2.45) is 0 Å².